The Morgan fingerprint density at radius 1 is 1.43 bits per heavy atom. The first-order valence-corrected chi connectivity index (χ1v) is 6.65. The van der Waals surface area contributed by atoms with Gasteiger partial charge >= 0.3 is 0 Å². The molecule has 7 heteroatoms. The lowest BCUT2D eigenvalue weighted by molar-refractivity contribution is 0.608. The molecule has 0 fully saturated rings. The number of halogens is 2. The third-order valence-corrected chi connectivity index (χ3v) is 2.81. The molecular formula is C7H8Cl2N2O2S. The molecule has 0 saturated carbocycles. The fourth-order valence-electron chi connectivity index (χ4n) is 0.949. The normalized spacial score (nSPS) is 11.6. The molecule has 0 bridgehead atoms. The molecular weight excluding hydrogens is 247 g/mol. The van der Waals surface area contributed by atoms with Crippen LogP contribution < -0.4 is 0 Å². The van der Waals surface area contributed by atoms with Crippen molar-refractivity contribution in [3.8, 4) is 0 Å². The van der Waals surface area contributed by atoms with Crippen LogP contribution in [-0.2, 0) is 15.5 Å². The highest BCUT2D eigenvalue weighted by molar-refractivity contribution is 8.13. The van der Waals surface area contributed by atoms with E-state index in [0.29, 0.717) is 11.4 Å². The molecule has 0 amide bonds. The van der Waals surface area contributed by atoms with E-state index >= 15 is 0 Å². The second-order valence-corrected chi connectivity index (χ2v) is 6.00. The fourth-order valence-corrected chi connectivity index (χ4v) is 1.88. The van der Waals surface area contributed by atoms with Crippen LogP contribution in [0.4, 0.5) is 0 Å². The number of hydrogen-bond acceptors (Lipinski definition) is 4. The topological polar surface area (TPSA) is 59.9 Å². The molecule has 0 aromatic carbocycles. The molecule has 0 saturated heterocycles. The van der Waals surface area contributed by atoms with Gasteiger partial charge in [0.2, 0.25) is 14.3 Å². The van der Waals surface area contributed by atoms with Gasteiger partial charge in [-0.15, -0.1) is 0 Å². The lowest BCUT2D eigenvalue weighted by Crippen LogP contribution is -2.04. The van der Waals surface area contributed by atoms with Gasteiger partial charge in [-0.3, -0.25) is 0 Å². The smallest absolute Gasteiger partial charge is 0.223 e. The molecule has 0 N–H and O–H groups in total. The van der Waals surface area contributed by atoms with Gasteiger partial charge in [-0.05, 0) is 24.6 Å². The first-order chi connectivity index (χ1) is 6.37. The quantitative estimate of drug-likeness (QED) is 0.607. The van der Waals surface area contributed by atoms with Gasteiger partial charge < -0.3 is 0 Å². The molecule has 1 aromatic rings. The predicted octanol–water partition coefficient (Wildman–Crippen LogP) is 1.55. The first-order valence-electron chi connectivity index (χ1n) is 3.79. The van der Waals surface area contributed by atoms with Gasteiger partial charge in [-0.25, -0.2) is 18.4 Å². The summed E-state index contributed by atoms with van der Waals surface area (Å²) in [5, 5.41) is 0.118. The average molecular weight is 255 g/mol. The van der Waals surface area contributed by atoms with Gasteiger partial charge in [0.1, 0.15) is 0 Å². The van der Waals surface area contributed by atoms with E-state index in [0.717, 1.165) is 0 Å². The zero-order chi connectivity index (χ0) is 10.8. The zero-order valence-corrected chi connectivity index (χ0v) is 9.70. The molecule has 1 rings (SSSR count). The largest absolute Gasteiger partial charge is 0.232 e. The van der Waals surface area contributed by atoms with Crippen molar-refractivity contribution in [1.82, 2.24) is 9.97 Å². The van der Waals surface area contributed by atoms with Crippen LogP contribution in [-0.4, -0.2) is 24.1 Å². The number of rotatable bonds is 3. The van der Waals surface area contributed by atoms with Crippen LogP contribution in [0, 0.1) is 6.92 Å². The second-order valence-electron chi connectivity index (χ2n) is 2.76. The molecule has 78 valence electrons. The minimum Gasteiger partial charge on any atom is -0.223 e. The molecule has 1 heterocycles. The third-order valence-electron chi connectivity index (χ3n) is 1.48. The lowest BCUT2D eigenvalue weighted by atomic mass is 10.3. The summed E-state index contributed by atoms with van der Waals surface area (Å²) in [5.74, 6) is -0.151. The Labute approximate surface area is 91.7 Å². The number of nitrogens with zero attached hydrogens (tertiary/aromatic N) is 2. The summed E-state index contributed by atoms with van der Waals surface area (Å²) in [6, 6.07) is 1.67. The summed E-state index contributed by atoms with van der Waals surface area (Å²) in [6.07, 6.45) is 0.245. The number of aromatic nitrogens is 2. The molecule has 4 nitrogen and oxygen atoms in total. The predicted molar refractivity (Wildman–Crippen MR) is 55.1 cm³/mol. The molecule has 0 aliphatic rings. The summed E-state index contributed by atoms with van der Waals surface area (Å²) in [5.41, 5.74) is 1.28. The Morgan fingerprint density at radius 3 is 2.57 bits per heavy atom. The highest BCUT2D eigenvalue weighted by Gasteiger charge is 2.07. The monoisotopic (exact) mass is 254 g/mol. The van der Waals surface area contributed by atoms with Crippen LogP contribution in [0.2, 0.25) is 5.28 Å². The Balaban J connectivity index is 2.78. The van der Waals surface area contributed by atoms with Crippen molar-refractivity contribution in [2.75, 3.05) is 5.75 Å². The van der Waals surface area contributed by atoms with Gasteiger partial charge in [0.25, 0.3) is 0 Å². The van der Waals surface area contributed by atoms with E-state index < -0.39 is 9.05 Å². The highest BCUT2D eigenvalue weighted by atomic mass is 35.7. The molecule has 14 heavy (non-hydrogen) atoms. The van der Waals surface area contributed by atoms with Crippen molar-refractivity contribution >= 4 is 31.3 Å². The summed E-state index contributed by atoms with van der Waals surface area (Å²) in [6.45, 7) is 1.76. The van der Waals surface area contributed by atoms with Crippen molar-refractivity contribution in [3.05, 3.63) is 22.7 Å². The average Bonchev–Trinajstić information content (AvgIpc) is 1.97. The third kappa shape index (κ3) is 4.21. The maximum Gasteiger partial charge on any atom is 0.232 e. The van der Waals surface area contributed by atoms with E-state index in [2.05, 4.69) is 9.97 Å². The SMILES string of the molecule is Cc1cc(CCS(=O)(=O)Cl)nc(Cl)n1. The van der Waals surface area contributed by atoms with Crippen LogP contribution in [0.25, 0.3) is 0 Å². The van der Waals surface area contributed by atoms with E-state index in [9.17, 15) is 8.42 Å². The van der Waals surface area contributed by atoms with Gasteiger partial charge in [0, 0.05) is 28.5 Å². The Kier molecular flexibility index (Phi) is 3.69. The summed E-state index contributed by atoms with van der Waals surface area (Å²) >= 11 is 5.60. The second kappa shape index (κ2) is 4.42. The molecule has 0 unspecified atom stereocenters. The van der Waals surface area contributed by atoms with Crippen LogP contribution in [0.1, 0.15) is 11.4 Å². The van der Waals surface area contributed by atoms with Crippen LogP contribution in [0.3, 0.4) is 0 Å². The fraction of sp³-hybridized carbons (Fsp3) is 0.429. The first kappa shape index (κ1) is 11.7. The van der Waals surface area contributed by atoms with Crippen molar-refractivity contribution in [1.29, 1.82) is 0 Å². The maximum atomic E-state index is 10.7. The Bertz CT molecular complexity index is 413. The highest BCUT2D eigenvalue weighted by Crippen LogP contribution is 2.08. The maximum absolute atomic E-state index is 10.7. The standard InChI is InChI=1S/C7H8Cl2N2O2S/c1-5-4-6(11-7(8)10-5)2-3-14(9,12)13/h4H,2-3H2,1H3. The van der Waals surface area contributed by atoms with E-state index in [1.54, 1.807) is 13.0 Å². The molecule has 0 atom stereocenters. The lowest BCUT2D eigenvalue weighted by Gasteiger charge is -2.00. The van der Waals surface area contributed by atoms with Crippen molar-refractivity contribution in [2.24, 2.45) is 0 Å². The summed E-state index contributed by atoms with van der Waals surface area (Å²) in [7, 11) is 1.58. The van der Waals surface area contributed by atoms with Gasteiger partial charge in [-0.2, -0.15) is 0 Å². The zero-order valence-electron chi connectivity index (χ0n) is 7.37. The Hall–Kier alpha value is -0.390. The van der Waals surface area contributed by atoms with E-state index in [-0.39, 0.29) is 17.5 Å². The van der Waals surface area contributed by atoms with Gasteiger partial charge in [-0.1, -0.05) is 0 Å². The number of aryl methyl sites for hydroxylation is 2. The Morgan fingerprint density at radius 2 is 2.07 bits per heavy atom. The van der Waals surface area contributed by atoms with Crippen molar-refractivity contribution < 1.29 is 8.42 Å². The minimum absolute atomic E-state index is 0.118. The molecule has 0 spiro atoms. The van der Waals surface area contributed by atoms with Crippen LogP contribution >= 0.6 is 22.3 Å². The molecule has 0 aliphatic heterocycles. The van der Waals surface area contributed by atoms with Crippen LogP contribution in [0.5, 0.6) is 0 Å². The van der Waals surface area contributed by atoms with E-state index in [1.807, 2.05) is 0 Å². The molecule has 0 radical (unpaired) electrons. The summed E-state index contributed by atoms with van der Waals surface area (Å²) in [4.78, 5) is 7.72. The number of hydrogen-bond donors (Lipinski definition) is 0. The van der Waals surface area contributed by atoms with E-state index in [4.69, 9.17) is 22.3 Å². The van der Waals surface area contributed by atoms with E-state index in [1.165, 1.54) is 0 Å². The van der Waals surface area contributed by atoms with Crippen molar-refractivity contribution in [3.63, 3.8) is 0 Å². The van der Waals surface area contributed by atoms with Gasteiger partial charge in [0.05, 0.1) is 5.75 Å². The van der Waals surface area contributed by atoms with Crippen LogP contribution in [0.15, 0.2) is 6.07 Å². The molecule has 0 aliphatic carbocycles. The minimum atomic E-state index is -3.48. The van der Waals surface area contributed by atoms with Crippen molar-refractivity contribution in [2.45, 2.75) is 13.3 Å². The molecule has 1 aromatic heterocycles. The van der Waals surface area contributed by atoms with Gasteiger partial charge in [0.15, 0.2) is 0 Å². The summed E-state index contributed by atoms with van der Waals surface area (Å²) < 4.78 is 21.3.